The number of aliphatic hydroxyl groups excluding tert-OH is 1. The quantitative estimate of drug-likeness (QED) is 0.677. The highest BCUT2D eigenvalue weighted by Crippen LogP contribution is 2.21. The van der Waals surface area contributed by atoms with Crippen LogP contribution in [0.5, 0.6) is 0 Å². The average Bonchev–Trinajstić information content (AvgIpc) is 2.52. The summed E-state index contributed by atoms with van der Waals surface area (Å²) in [4.78, 5) is 12.7. The van der Waals surface area contributed by atoms with E-state index < -0.39 is 5.97 Å². The first-order valence-electron chi connectivity index (χ1n) is 6.30. The minimum absolute atomic E-state index is 0.121. The SMILES string of the molecule is O=C(O)CCN(CCO)C1CCCCCC1. The van der Waals surface area contributed by atoms with Crippen LogP contribution in [0.15, 0.2) is 0 Å². The van der Waals surface area contributed by atoms with E-state index in [1.165, 1.54) is 25.7 Å². The number of aliphatic carboxylic acids is 1. The van der Waals surface area contributed by atoms with Gasteiger partial charge < -0.3 is 10.2 Å². The lowest BCUT2D eigenvalue weighted by molar-refractivity contribution is -0.137. The zero-order valence-electron chi connectivity index (χ0n) is 9.90. The van der Waals surface area contributed by atoms with Crippen LogP contribution in [0, 0.1) is 0 Å². The molecule has 0 aromatic rings. The molecule has 2 N–H and O–H groups in total. The molecule has 1 saturated carbocycles. The van der Waals surface area contributed by atoms with E-state index in [9.17, 15) is 4.79 Å². The van der Waals surface area contributed by atoms with Crippen molar-refractivity contribution in [3.63, 3.8) is 0 Å². The fourth-order valence-electron chi connectivity index (χ4n) is 2.47. The van der Waals surface area contributed by atoms with Gasteiger partial charge >= 0.3 is 5.97 Å². The predicted octanol–water partition coefficient (Wildman–Crippen LogP) is 1.48. The lowest BCUT2D eigenvalue weighted by Crippen LogP contribution is -2.38. The topological polar surface area (TPSA) is 60.8 Å². The zero-order valence-corrected chi connectivity index (χ0v) is 9.90. The summed E-state index contributed by atoms with van der Waals surface area (Å²) in [6.45, 7) is 1.30. The minimum Gasteiger partial charge on any atom is -0.481 e. The van der Waals surface area contributed by atoms with Gasteiger partial charge in [0.05, 0.1) is 13.0 Å². The van der Waals surface area contributed by atoms with Gasteiger partial charge in [-0.2, -0.15) is 0 Å². The molecule has 1 fully saturated rings. The molecule has 1 aliphatic carbocycles. The van der Waals surface area contributed by atoms with E-state index in [0.717, 1.165) is 12.8 Å². The highest BCUT2D eigenvalue weighted by atomic mass is 16.4. The number of hydrogen-bond donors (Lipinski definition) is 2. The van der Waals surface area contributed by atoms with Crippen LogP contribution >= 0.6 is 0 Å². The smallest absolute Gasteiger partial charge is 0.304 e. The maximum atomic E-state index is 10.6. The molecule has 0 aromatic carbocycles. The molecule has 0 atom stereocenters. The summed E-state index contributed by atoms with van der Waals surface area (Å²) in [5.74, 6) is -0.753. The highest BCUT2D eigenvalue weighted by molar-refractivity contribution is 5.66. The normalized spacial score (nSPS) is 18.6. The predicted molar refractivity (Wildman–Crippen MR) is 62.4 cm³/mol. The first-order valence-corrected chi connectivity index (χ1v) is 6.30. The van der Waals surface area contributed by atoms with Crippen molar-refractivity contribution in [3.05, 3.63) is 0 Å². The van der Waals surface area contributed by atoms with Gasteiger partial charge in [-0.15, -0.1) is 0 Å². The van der Waals surface area contributed by atoms with Crippen LogP contribution in [-0.4, -0.2) is 46.8 Å². The van der Waals surface area contributed by atoms with Crippen LogP contribution in [-0.2, 0) is 4.79 Å². The summed E-state index contributed by atoms with van der Waals surface area (Å²) in [5.41, 5.74) is 0. The molecule has 0 spiro atoms. The molecule has 1 rings (SSSR count). The van der Waals surface area contributed by atoms with Crippen LogP contribution in [0.25, 0.3) is 0 Å². The molecule has 1 aliphatic rings. The molecular formula is C12H23NO3. The number of carboxylic acids is 1. The Morgan fingerprint density at radius 2 is 1.75 bits per heavy atom. The summed E-state index contributed by atoms with van der Waals surface area (Å²) >= 11 is 0. The van der Waals surface area contributed by atoms with Crippen LogP contribution < -0.4 is 0 Å². The summed E-state index contributed by atoms with van der Waals surface area (Å²) in [6.07, 6.45) is 7.54. The Balaban J connectivity index is 2.42. The molecule has 0 heterocycles. The molecule has 94 valence electrons. The van der Waals surface area contributed by atoms with E-state index in [4.69, 9.17) is 10.2 Å². The highest BCUT2D eigenvalue weighted by Gasteiger charge is 2.19. The molecule has 4 nitrogen and oxygen atoms in total. The number of nitrogens with zero attached hydrogens (tertiary/aromatic N) is 1. The van der Waals surface area contributed by atoms with Crippen molar-refractivity contribution in [2.45, 2.75) is 51.0 Å². The lowest BCUT2D eigenvalue weighted by atomic mass is 10.1. The maximum absolute atomic E-state index is 10.6. The first kappa shape index (κ1) is 13.5. The number of rotatable bonds is 6. The zero-order chi connectivity index (χ0) is 11.8. The van der Waals surface area contributed by atoms with E-state index in [1.54, 1.807) is 0 Å². The Kier molecular flexibility index (Phi) is 6.42. The average molecular weight is 229 g/mol. The van der Waals surface area contributed by atoms with Crippen LogP contribution in [0.3, 0.4) is 0 Å². The van der Waals surface area contributed by atoms with Gasteiger partial charge in [-0.3, -0.25) is 9.69 Å². The number of carboxylic acid groups (broad SMARTS) is 1. The largest absolute Gasteiger partial charge is 0.481 e. The standard InChI is InChI=1S/C12H23NO3/c14-10-9-13(8-7-12(15)16)11-5-3-1-2-4-6-11/h11,14H,1-10H2,(H,15,16). The van der Waals surface area contributed by atoms with Gasteiger partial charge in [0.15, 0.2) is 0 Å². The summed E-state index contributed by atoms with van der Waals surface area (Å²) in [7, 11) is 0. The Morgan fingerprint density at radius 1 is 1.12 bits per heavy atom. The van der Waals surface area contributed by atoms with E-state index in [0.29, 0.717) is 19.1 Å². The molecule has 16 heavy (non-hydrogen) atoms. The van der Waals surface area contributed by atoms with Gasteiger partial charge in [0.25, 0.3) is 0 Å². The summed E-state index contributed by atoms with van der Waals surface area (Å²) in [6, 6.07) is 0.481. The van der Waals surface area contributed by atoms with Gasteiger partial charge in [-0.1, -0.05) is 25.7 Å². The Bertz CT molecular complexity index is 200. The van der Waals surface area contributed by atoms with Crippen LogP contribution in [0.4, 0.5) is 0 Å². The lowest BCUT2D eigenvalue weighted by Gasteiger charge is -2.30. The van der Waals surface area contributed by atoms with Crippen molar-refractivity contribution in [2.24, 2.45) is 0 Å². The van der Waals surface area contributed by atoms with Crippen LogP contribution in [0.2, 0.25) is 0 Å². The fourth-order valence-corrected chi connectivity index (χ4v) is 2.47. The van der Waals surface area contributed by atoms with Crippen LogP contribution in [0.1, 0.15) is 44.9 Å². The van der Waals surface area contributed by atoms with Crippen molar-refractivity contribution < 1.29 is 15.0 Å². The van der Waals surface area contributed by atoms with E-state index in [2.05, 4.69) is 4.90 Å². The first-order chi connectivity index (χ1) is 7.74. The second-order valence-electron chi connectivity index (χ2n) is 4.55. The Hall–Kier alpha value is -0.610. The number of carbonyl (C=O) groups is 1. The second kappa shape index (κ2) is 7.63. The Labute approximate surface area is 97.3 Å². The summed E-state index contributed by atoms with van der Waals surface area (Å²) < 4.78 is 0. The molecule has 0 aromatic heterocycles. The van der Waals surface area contributed by atoms with Crippen molar-refractivity contribution in [2.75, 3.05) is 19.7 Å². The minimum atomic E-state index is -0.753. The van der Waals surface area contributed by atoms with Gasteiger partial charge in [0, 0.05) is 19.1 Å². The molecule has 0 saturated heterocycles. The third-order valence-electron chi connectivity index (χ3n) is 3.34. The molecule has 0 amide bonds. The third-order valence-corrected chi connectivity index (χ3v) is 3.34. The number of hydrogen-bond acceptors (Lipinski definition) is 3. The van der Waals surface area contributed by atoms with E-state index in [1.807, 2.05) is 0 Å². The van der Waals surface area contributed by atoms with E-state index in [-0.39, 0.29) is 13.0 Å². The molecule has 0 unspecified atom stereocenters. The van der Waals surface area contributed by atoms with Gasteiger partial charge in [0.2, 0.25) is 0 Å². The van der Waals surface area contributed by atoms with Crippen molar-refractivity contribution in [1.29, 1.82) is 0 Å². The monoisotopic (exact) mass is 229 g/mol. The number of aliphatic hydroxyl groups is 1. The van der Waals surface area contributed by atoms with Gasteiger partial charge in [-0.25, -0.2) is 0 Å². The summed E-state index contributed by atoms with van der Waals surface area (Å²) in [5, 5.41) is 17.7. The second-order valence-corrected chi connectivity index (χ2v) is 4.55. The van der Waals surface area contributed by atoms with E-state index >= 15 is 0 Å². The molecule has 0 bridgehead atoms. The third kappa shape index (κ3) is 4.94. The van der Waals surface area contributed by atoms with Crippen molar-refractivity contribution in [1.82, 2.24) is 4.90 Å². The molecule has 0 radical (unpaired) electrons. The Morgan fingerprint density at radius 3 is 2.25 bits per heavy atom. The maximum Gasteiger partial charge on any atom is 0.304 e. The van der Waals surface area contributed by atoms with Crippen molar-refractivity contribution >= 4 is 5.97 Å². The fraction of sp³-hybridized carbons (Fsp3) is 0.917. The van der Waals surface area contributed by atoms with Gasteiger partial charge in [-0.05, 0) is 12.8 Å². The van der Waals surface area contributed by atoms with Crippen molar-refractivity contribution in [3.8, 4) is 0 Å². The molecular weight excluding hydrogens is 206 g/mol. The van der Waals surface area contributed by atoms with Gasteiger partial charge in [0.1, 0.15) is 0 Å². The molecule has 0 aliphatic heterocycles. The molecule has 4 heteroatoms.